The molecular formula is C23H26N4O. The minimum atomic E-state index is -0.0207. The maximum atomic E-state index is 13.0. The summed E-state index contributed by atoms with van der Waals surface area (Å²) in [6.07, 6.45) is 5.55. The third-order valence-corrected chi connectivity index (χ3v) is 5.43. The molecule has 0 spiro atoms. The van der Waals surface area contributed by atoms with E-state index in [2.05, 4.69) is 46.4 Å². The molecule has 0 saturated carbocycles. The summed E-state index contributed by atoms with van der Waals surface area (Å²) in [5.41, 5.74) is 4.09. The molecule has 1 aliphatic rings. The molecule has 0 unspecified atom stereocenters. The summed E-state index contributed by atoms with van der Waals surface area (Å²) >= 11 is 0. The van der Waals surface area contributed by atoms with E-state index in [1.807, 2.05) is 42.1 Å². The van der Waals surface area contributed by atoms with Gasteiger partial charge in [0.15, 0.2) is 0 Å². The van der Waals surface area contributed by atoms with Crippen molar-refractivity contribution in [2.45, 2.75) is 25.8 Å². The van der Waals surface area contributed by atoms with Gasteiger partial charge in [-0.25, -0.2) is 4.98 Å². The van der Waals surface area contributed by atoms with Crippen molar-refractivity contribution in [3.63, 3.8) is 0 Å². The molecule has 1 saturated heterocycles. The number of benzene rings is 2. The van der Waals surface area contributed by atoms with Crippen LogP contribution in [0.3, 0.4) is 0 Å². The van der Waals surface area contributed by atoms with Crippen molar-refractivity contribution in [2.75, 3.05) is 18.0 Å². The molecule has 4 rings (SSSR count). The van der Waals surface area contributed by atoms with E-state index >= 15 is 0 Å². The normalized spacial score (nSPS) is 14.9. The largest absolute Gasteiger partial charge is 0.371 e. The van der Waals surface area contributed by atoms with E-state index in [1.54, 1.807) is 6.20 Å². The van der Waals surface area contributed by atoms with Gasteiger partial charge >= 0.3 is 0 Å². The smallest absolute Gasteiger partial charge is 0.252 e. The Hall–Kier alpha value is -3.08. The standard InChI is InChI=1S/C23H26N4O/c1-17-6-5-7-19(16-17)27-13-10-18(11-14-27)25-23(28)21-9-4-3-8-20(21)22-24-12-15-26(22)2/h3-9,12,15-16,18H,10-11,13-14H2,1-2H3,(H,25,28). The summed E-state index contributed by atoms with van der Waals surface area (Å²) in [4.78, 5) is 19.8. The number of rotatable bonds is 4. The van der Waals surface area contributed by atoms with Gasteiger partial charge in [-0.2, -0.15) is 0 Å². The van der Waals surface area contributed by atoms with Crippen molar-refractivity contribution >= 4 is 11.6 Å². The highest BCUT2D eigenvalue weighted by molar-refractivity contribution is 6.00. The molecule has 144 valence electrons. The van der Waals surface area contributed by atoms with Crippen molar-refractivity contribution < 1.29 is 4.79 Å². The third-order valence-electron chi connectivity index (χ3n) is 5.43. The monoisotopic (exact) mass is 374 g/mol. The molecule has 0 aliphatic carbocycles. The molecule has 0 radical (unpaired) electrons. The summed E-state index contributed by atoms with van der Waals surface area (Å²) < 4.78 is 1.94. The highest BCUT2D eigenvalue weighted by Gasteiger charge is 2.23. The van der Waals surface area contributed by atoms with E-state index in [0.29, 0.717) is 5.56 Å². The van der Waals surface area contributed by atoms with Gasteiger partial charge in [0.05, 0.1) is 5.56 Å². The Morgan fingerprint density at radius 2 is 1.89 bits per heavy atom. The zero-order valence-electron chi connectivity index (χ0n) is 16.4. The van der Waals surface area contributed by atoms with E-state index in [4.69, 9.17) is 0 Å². The molecule has 5 nitrogen and oxygen atoms in total. The molecule has 28 heavy (non-hydrogen) atoms. The van der Waals surface area contributed by atoms with Crippen LogP contribution in [0.25, 0.3) is 11.4 Å². The first-order valence-corrected chi connectivity index (χ1v) is 9.81. The number of piperidine rings is 1. The second-order valence-corrected chi connectivity index (χ2v) is 7.48. The number of carbonyl (C=O) groups is 1. The van der Waals surface area contributed by atoms with Crippen molar-refractivity contribution in [3.05, 3.63) is 72.1 Å². The van der Waals surface area contributed by atoms with Crippen molar-refractivity contribution in [2.24, 2.45) is 7.05 Å². The molecular weight excluding hydrogens is 348 g/mol. The van der Waals surface area contributed by atoms with Crippen LogP contribution in [0.15, 0.2) is 60.9 Å². The van der Waals surface area contributed by atoms with Gasteiger partial charge in [0.1, 0.15) is 5.82 Å². The van der Waals surface area contributed by atoms with Crippen LogP contribution in [0.2, 0.25) is 0 Å². The lowest BCUT2D eigenvalue weighted by Crippen LogP contribution is -2.44. The zero-order valence-corrected chi connectivity index (χ0v) is 16.4. The van der Waals surface area contributed by atoms with Crippen LogP contribution >= 0.6 is 0 Å². The van der Waals surface area contributed by atoms with Crippen LogP contribution in [0.5, 0.6) is 0 Å². The Bertz CT molecular complexity index is 970. The van der Waals surface area contributed by atoms with E-state index in [9.17, 15) is 4.79 Å². The number of imidazole rings is 1. The third kappa shape index (κ3) is 3.79. The van der Waals surface area contributed by atoms with E-state index in [1.165, 1.54) is 11.3 Å². The second-order valence-electron chi connectivity index (χ2n) is 7.48. The van der Waals surface area contributed by atoms with Gasteiger partial charge in [-0.3, -0.25) is 4.79 Å². The Morgan fingerprint density at radius 3 is 2.61 bits per heavy atom. The number of aryl methyl sites for hydroxylation is 2. The molecule has 1 aliphatic heterocycles. The first kappa shape index (κ1) is 18.3. The number of hydrogen-bond acceptors (Lipinski definition) is 3. The van der Waals surface area contributed by atoms with Gasteiger partial charge < -0.3 is 14.8 Å². The van der Waals surface area contributed by atoms with Crippen LogP contribution < -0.4 is 10.2 Å². The first-order valence-electron chi connectivity index (χ1n) is 9.81. The van der Waals surface area contributed by atoms with Crippen LogP contribution in [0, 0.1) is 6.92 Å². The predicted octanol–water partition coefficient (Wildman–Crippen LogP) is 3.79. The summed E-state index contributed by atoms with van der Waals surface area (Å²) in [6, 6.07) is 16.5. The minimum absolute atomic E-state index is 0.0207. The van der Waals surface area contributed by atoms with Gasteiger partial charge in [-0.15, -0.1) is 0 Å². The van der Waals surface area contributed by atoms with Crippen molar-refractivity contribution in [1.82, 2.24) is 14.9 Å². The highest BCUT2D eigenvalue weighted by atomic mass is 16.1. The SMILES string of the molecule is Cc1cccc(N2CCC(NC(=O)c3ccccc3-c3nccn3C)CC2)c1. The maximum absolute atomic E-state index is 13.0. The quantitative estimate of drug-likeness (QED) is 0.756. The lowest BCUT2D eigenvalue weighted by molar-refractivity contribution is 0.0931. The Kier molecular flexibility index (Phi) is 5.15. The summed E-state index contributed by atoms with van der Waals surface area (Å²) in [6.45, 7) is 4.03. The fraction of sp³-hybridized carbons (Fsp3) is 0.304. The zero-order chi connectivity index (χ0) is 19.5. The lowest BCUT2D eigenvalue weighted by atomic mass is 10.0. The highest BCUT2D eigenvalue weighted by Crippen LogP contribution is 2.24. The molecule has 2 aromatic carbocycles. The second kappa shape index (κ2) is 7.89. The van der Waals surface area contributed by atoms with Crippen LogP contribution in [-0.4, -0.2) is 34.6 Å². The summed E-state index contributed by atoms with van der Waals surface area (Å²) in [5.74, 6) is 0.785. The lowest BCUT2D eigenvalue weighted by Gasteiger charge is -2.34. The average molecular weight is 374 g/mol. The molecule has 2 heterocycles. The van der Waals surface area contributed by atoms with Gasteiger partial charge in [0.25, 0.3) is 5.91 Å². The number of aromatic nitrogens is 2. The summed E-state index contributed by atoms with van der Waals surface area (Å²) in [5, 5.41) is 3.24. The Morgan fingerprint density at radius 1 is 1.11 bits per heavy atom. The van der Waals surface area contributed by atoms with Crippen molar-refractivity contribution in [3.8, 4) is 11.4 Å². The van der Waals surface area contributed by atoms with E-state index in [-0.39, 0.29) is 11.9 Å². The Labute approximate surface area is 166 Å². The topological polar surface area (TPSA) is 50.2 Å². The molecule has 1 fully saturated rings. The average Bonchev–Trinajstić information content (AvgIpc) is 3.14. The fourth-order valence-electron chi connectivity index (χ4n) is 3.87. The number of amides is 1. The van der Waals surface area contributed by atoms with Gasteiger partial charge in [0, 0.05) is 49.8 Å². The van der Waals surface area contributed by atoms with Crippen LogP contribution in [0.1, 0.15) is 28.8 Å². The number of nitrogens with zero attached hydrogens (tertiary/aromatic N) is 3. The number of anilines is 1. The fourth-order valence-corrected chi connectivity index (χ4v) is 3.87. The number of hydrogen-bond donors (Lipinski definition) is 1. The molecule has 0 bridgehead atoms. The molecule has 0 atom stereocenters. The molecule has 1 N–H and O–H groups in total. The number of nitrogens with one attached hydrogen (secondary N) is 1. The van der Waals surface area contributed by atoms with Gasteiger partial charge in [-0.1, -0.05) is 30.3 Å². The van der Waals surface area contributed by atoms with E-state index in [0.717, 1.165) is 37.3 Å². The van der Waals surface area contributed by atoms with E-state index < -0.39 is 0 Å². The minimum Gasteiger partial charge on any atom is -0.371 e. The maximum Gasteiger partial charge on any atom is 0.252 e. The molecule has 5 heteroatoms. The first-order chi connectivity index (χ1) is 13.6. The predicted molar refractivity (Wildman–Crippen MR) is 113 cm³/mol. The molecule has 1 aromatic heterocycles. The van der Waals surface area contributed by atoms with Gasteiger partial charge in [-0.05, 0) is 43.5 Å². The van der Waals surface area contributed by atoms with Crippen molar-refractivity contribution in [1.29, 1.82) is 0 Å². The van der Waals surface area contributed by atoms with Crippen LogP contribution in [-0.2, 0) is 7.05 Å². The number of carbonyl (C=O) groups excluding carboxylic acids is 1. The van der Waals surface area contributed by atoms with Gasteiger partial charge in [0.2, 0.25) is 0 Å². The molecule has 1 amide bonds. The van der Waals surface area contributed by atoms with Crippen LogP contribution in [0.4, 0.5) is 5.69 Å². The Balaban J connectivity index is 1.43. The molecule has 3 aromatic rings. The summed E-state index contributed by atoms with van der Waals surface area (Å²) in [7, 11) is 1.94.